The van der Waals surface area contributed by atoms with E-state index >= 15 is 0 Å². The number of fused-ring (bicyclic) bond motifs is 11. The van der Waals surface area contributed by atoms with Crippen molar-refractivity contribution in [1.29, 1.82) is 0 Å². The molecule has 0 saturated carbocycles. The summed E-state index contributed by atoms with van der Waals surface area (Å²) >= 11 is 3.85. The van der Waals surface area contributed by atoms with Gasteiger partial charge < -0.3 is 0 Å². The molecule has 0 aliphatic rings. The van der Waals surface area contributed by atoms with Crippen molar-refractivity contribution in [1.82, 2.24) is 0 Å². The zero-order valence-corrected chi connectivity index (χ0v) is 30.8. The van der Waals surface area contributed by atoms with Crippen LogP contribution in [0.25, 0.3) is 117 Å². The van der Waals surface area contributed by atoms with Crippen LogP contribution in [0.1, 0.15) is 0 Å². The van der Waals surface area contributed by atoms with E-state index in [1.807, 2.05) is 22.7 Å². The molecular formula is C52H30S2. The first-order valence-corrected chi connectivity index (χ1v) is 20.1. The summed E-state index contributed by atoms with van der Waals surface area (Å²) in [6.07, 6.45) is 0. The highest BCUT2D eigenvalue weighted by atomic mass is 32.1. The van der Waals surface area contributed by atoms with Crippen molar-refractivity contribution in [2.24, 2.45) is 0 Å². The Morgan fingerprint density at radius 3 is 1.56 bits per heavy atom. The average molecular weight is 719 g/mol. The molecule has 0 N–H and O–H groups in total. The fraction of sp³-hybridized carbons (Fsp3) is 0. The van der Waals surface area contributed by atoms with E-state index in [2.05, 4.69) is 182 Å². The summed E-state index contributed by atoms with van der Waals surface area (Å²) in [5.74, 6) is 0. The van der Waals surface area contributed by atoms with Crippen molar-refractivity contribution in [2.45, 2.75) is 0 Å². The molecule has 0 atom stereocenters. The second-order valence-electron chi connectivity index (χ2n) is 14.3. The number of rotatable bonds is 3. The van der Waals surface area contributed by atoms with E-state index in [1.54, 1.807) is 0 Å². The minimum Gasteiger partial charge on any atom is -0.135 e. The Morgan fingerprint density at radius 1 is 0.259 bits per heavy atom. The Bertz CT molecular complexity index is 3450. The monoisotopic (exact) mass is 718 g/mol. The first-order chi connectivity index (χ1) is 26.8. The van der Waals surface area contributed by atoms with E-state index in [4.69, 9.17) is 0 Å². The van der Waals surface area contributed by atoms with E-state index in [0.29, 0.717) is 0 Å². The minimum atomic E-state index is 1.23. The van der Waals surface area contributed by atoms with Crippen LogP contribution in [0.5, 0.6) is 0 Å². The summed E-state index contributed by atoms with van der Waals surface area (Å²) in [5, 5.41) is 15.6. The predicted octanol–water partition coefficient (Wildman–Crippen LogP) is 16.0. The molecule has 0 aliphatic carbocycles. The molecule has 2 aromatic heterocycles. The lowest BCUT2D eigenvalue weighted by atomic mass is 9.84. The molecule has 2 heterocycles. The van der Waals surface area contributed by atoms with Crippen LogP contribution in [0, 0.1) is 0 Å². The lowest BCUT2D eigenvalue weighted by Gasteiger charge is -2.19. The molecule has 0 bridgehead atoms. The summed E-state index contributed by atoms with van der Waals surface area (Å²) in [6, 6.07) is 67.8. The maximum absolute atomic E-state index is 2.46. The fourth-order valence-electron chi connectivity index (χ4n) is 9.09. The Morgan fingerprint density at radius 2 is 0.833 bits per heavy atom. The van der Waals surface area contributed by atoms with E-state index < -0.39 is 0 Å². The molecule has 2 heteroatoms. The van der Waals surface area contributed by atoms with Crippen LogP contribution in [-0.2, 0) is 0 Å². The summed E-state index contributed by atoms with van der Waals surface area (Å²) in [4.78, 5) is 0. The van der Waals surface area contributed by atoms with Crippen LogP contribution < -0.4 is 0 Å². The summed E-state index contributed by atoms with van der Waals surface area (Å²) < 4.78 is 5.41. The molecule has 12 rings (SSSR count). The second kappa shape index (κ2) is 11.6. The summed E-state index contributed by atoms with van der Waals surface area (Å²) in [6.45, 7) is 0. The Labute approximate surface area is 319 Å². The molecule has 0 nitrogen and oxygen atoms in total. The van der Waals surface area contributed by atoms with Crippen molar-refractivity contribution in [3.05, 3.63) is 182 Å². The predicted molar refractivity (Wildman–Crippen MR) is 239 cm³/mol. The standard InChI is InChI=1S/C52H30S2/c1-2-13-32-28-36(25-24-31(32)12-1)48-41-21-7-5-19-39(41)47(40-20-6-8-22-42(40)48)34-15-11-16-35(29-34)49-37-17-4-3-14-33(37)30-46-50(49)51-45(53-46)27-26-43-38-18-9-10-23-44(38)54-52(43)51/h1-30H. The SMILES string of the molecule is c1cc(-c2c3ccccc3c(-c3ccc4ccccc4c3)c3ccccc23)cc(-c2c3ccccc3cc3sc4ccc5c6ccccc6sc5c4c23)c1. The maximum atomic E-state index is 2.46. The smallest absolute Gasteiger partial charge is 0.0448 e. The van der Waals surface area contributed by atoms with Crippen LogP contribution in [0.2, 0.25) is 0 Å². The van der Waals surface area contributed by atoms with Crippen molar-refractivity contribution < 1.29 is 0 Å². The molecule has 0 unspecified atom stereocenters. The number of hydrogen-bond acceptors (Lipinski definition) is 2. The lowest BCUT2D eigenvalue weighted by Crippen LogP contribution is -1.91. The highest BCUT2D eigenvalue weighted by molar-refractivity contribution is 7.30. The first-order valence-electron chi connectivity index (χ1n) is 18.5. The van der Waals surface area contributed by atoms with E-state index in [0.717, 1.165) is 0 Å². The highest BCUT2D eigenvalue weighted by Gasteiger charge is 2.21. The van der Waals surface area contributed by atoms with Gasteiger partial charge in [-0.1, -0.05) is 152 Å². The first kappa shape index (κ1) is 30.2. The largest absolute Gasteiger partial charge is 0.135 e. The molecule has 0 saturated heterocycles. The molecule has 10 aromatic carbocycles. The van der Waals surface area contributed by atoms with Gasteiger partial charge in [0, 0.05) is 40.3 Å². The normalized spacial score (nSPS) is 12.1. The van der Waals surface area contributed by atoms with Crippen molar-refractivity contribution >= 4 is 106 Å². The van der Waals surface area contributed by atoms with E-state index in [9.17, 15) is 0 Å². The number of benzene rings is 10. The molecule has 0 aliphatic heterocycles. The van der Waals surface area contributed by atoms with E-state index in [-0.39, 0.29) is 0 Å². The van der Waals surface area contributed by atoms with Gasteiger partial charge in [0.2, 0.25) is 0 Å². The third kappa shape index (κ3) is 4.36. The van der Waals surface area contributed by atoms with Crippen molar-refractivity contribution in [3.63, 3.8) is 0 Å². The zero-order chi connectivity index (χ0) is 35.3. The molecule has 0 radical (unpaired) electrons. The fourth-order valence-corrected chi connectivity index (χ4v) is 11.6. The Hall–Kier alpha value is -6.32. The van der Waals surface area contributed by atoms with Gasteiger partial charge in [0.15, 0.2) is 0 Å². The maximum Gasteiger partial charge on any atom is 0.0448 e. The second-order valence-corrected chi connectivity index (χ2v) is 16.5. The van der Waals surface area contributed by atoms with Crippen LogP contribution in [-0.4, -0.2) is 0 Å². The minimum absolute atomic E-state index is 1.23. The molecule has 250 valence electrons. The third-order valence-corrected chi connectivity index (χ3v) is 13.7. The highest BCUT2D eigenvalue weighted by Crippen LogP contribution is 2.50. The third-order valence-electron chi connectivity index (χ3n) is 11.4. The topological polar surface area (TPSA) is 0 Å². The van der Waals surface area contributed by atoms with Gasteiger partial charge in [-0.2, -0.15) is 0 Å². The Kier molecular flexibility index (Phi) is 6.48. The van der Waals surface area contributed by atoms with Gasteiger partial charge in [-0.25, -0.2) is 0 Å². The van der Waals surface area contributed by atoms with E-state index in [1.165, 1.54) is 117 Å². The quantitative estimate of drug-likeness (QED) is 0.160. The number of hydrogen-bond donors (Lipinski definition) is 0. The van der Waals surface area contributed by atoms with Gasteiger partial charge in [0.05, 0.1) is 0 Å². The van der Waals surface area contributed by atoms with Gasteiger partial charge in [-0.3, -0.25) is 0 Å². The Balaban J connectivity index is 1.16. The van der Waals surface area contributed by atoms with Gasteiger partial charge in [0.25, 0.3) is 0 Å². The van der Waals surface area contributed by atoms with Gasteiger partial charge in [-0.05, 0) is 107 Å². The summed E-state index contributed by atoms with van der Waals surface area (Å²) in [7, 11) is 0. The molecule has 0 spiro atoms. The van der Waals surface area contributed by atoms with Crippen LogP contribution in [0.3, 0.4) is 0 Å². The van der Waals surface area contributed by atoms with Crippen LogP contribution in [0.4, 0.5) is 0 Å². The van der Waals surface area contributed by atoms with Crippen molar-refractivity contribution in [3.8, 4) is 33.4 Å². The van der Waals surface area contributed by atoms with Gasteiger partial charge in [0.1, 0.15) is 0 Å². The van der Waals surface area contributed by atoms with Gasteiger partial charge >= 0.3 is 0 Å². The van der Waals surface area contributed by atoms with Crippen molar-refractivity contribution in [2.75, 3.05) is 0 Å². The molecule has 54 heavy (non-hydrogen) atoms. The summed E-state index contributed by atoms with van der Waals surface area (Å²) in [5.41, 5.74) is 7.63. The molecular weight excluding hydrogens is 689 g/mol. The average Bonchev–Trinajstić information content (AvgIpc) is 3.80. The molecule has 0 amide bonds. The van der Waals surface area contributed by atoms with Gasteiger partial charge in [-0.15, -0.1) is 22.7 Å². The zero-order valence-electron chi connectivity index (χ0n) is 29.1. The van der Waals surface area contributed by atoms with Crippen LogP contribution in [0.15, 0.2) is 182 Å². The van der Waals surface area contributed by atoms with Crippen LogP contribution >= 0.6 is 22.7 Å². The molecule has 12 aromatic rings. The number of thiophene rings is 2. The molecule has 0 fully saturated rings. The lowest BCUT2D eigenvalue weighted by molar-refractivity contribution is 1.65.